The van der Waals surface area contributed by atoms with Gasteiger partial charge in [-0.15, -0.1) is 0 Å². The van der Waals surface area contributed by atoms with Gasteiger partial charge in [0.1, 0.15) is 5.82 Å². The van der Waals surface area contributed by atoms with E-state index in [0.29, 0.717) is 13.0 Å². The van der Waals surface area contributed by atoms with Crippen LogP contribution < -0.4 is 0 Å². The van der Waals surface area contributed by atoms with Gasteiger partial charge >= 0.3 is 0 Å². The third kappa shape index (κ3) is 2.55. The molecule has 4 nitrogen and oxygen atoms in total. The van der Waals surface area contributed by atoms with Crippen LogP contribution in [-0.4, -0.2) is 37.0 Å². The lowest BCUT2D eigenvalue weighted by molar-refractivity contribution is 0.0605. The number of aliphatic hydroxyl groups excluding tert-OH is 1. The quantitative estimate of drug-likeness (QED) is 0.881. The van der Waals surface area contributed by atoms with Crippen LogP contribution in [0.5, 0.6) is 0 Å². The average molecular weight is 273 g/mol. The number of piperidine rings is 1. The Morgan fingerprint density at radius 3 is 2.78 bits per heavy atom. The highest BCUT2D eigenvalue weighted by atomic mass is 32.2. The first-order chi connectivity index (χ1) is 8.41. The SMILES string of the molecule is CC1CCN(S(=O)(=O)c2cccc(F)c2)CC1O. The predicted molar refractivity (Wildman–Crippen MR) is 64.9 cm³/mol. The maximum absolute atomic E-state index is 13.1. The van der Waals surface area contributed by atoms with Crippen molar-refractivity contribution in [1.82, 2.24) is 4.31 Å². The number of nitrogens with zero attached hydrogens (tertiary/aromatic N) is 1. The first kappa shape index (κ1) is 13.5. The molecule has 1 heterocycles. The van der Waals surface area contributed by atoms with E-state index >= 15 is 0 Å². The minimum absolute atomic E-state index is 0.0655. The molecule has 18 heavy (non-hydrogen) atoms. The van der Waals surface area contributed by atoms with Crippen LogP contribution in [0.4, 0.5) is 4.39 Å². The van der Waals surface area contributed by atoms with Gasteiger partial charge in [0.15, 0.2) is 0 Å². The van der Waals surface area contributed by atoms with E-state index in [1.165, 1.54) is 22.5 Å². The van der Waals surface area contributed by atoms with Crippen LogP contribution in [0.25, 0.3) is 0 Å². The number of sulfonamides is 1. The molecule has 0 aliphatic carbocycles. The van der Waals surface area contributed by atoms with Crippen molar-refractivity contribution in [2.24, 2.45) is 5.92 Å². The molecule has 1 fully saturated rings. The summed E-state index contributed by atoms with van der Waals surface area (Å²) in [6.45, 7) is 2.31. The number of hydrogen-bond acceptors (Lipinski definition) is 3. The van der Waals surface area contributed by atoms with E-state index < -0.39 is 21.9 Å². The first-order valence-electron chi connectivity index (χ1n) is 5.85. The fraction of sp³-hybridized carbons (Fsp3) is 0.500. The van der Waals surface area contributed by atoms with E-state index in [9.17, 15) is 17.9 Å². The van der Waals surface area contributed by atoms with Crippen LogP contribution in [0.2, 0.25) is 0 Å². The van der Waals surface area contributed by atoms with Gasteiger partial charge in [0.05, 0.1) is 11.0 Å². The molecule has 6 heteroatoms. The Labute approximate surface area is 106 Å². The van der Waals surface area contributed by atoms with Crippen molar-refractivity contribution in [3.63, 3.8) is 0 Å². The number of aliphatic hydroxyl groups is 1. The van der Waals surface area contributed by atoms with Gasteiger partial charge in [-0.1, -0.05) is 13.0 Å². The second-order valence-electron chi connectivity index (χ2n) is 4.65. The summed E-state index contributed by atoms with van der Waals surface area (Å²) in [6.07, 6.45) is -0.0579. The summed E-state index contributed by atoms with van der Waals surface area (Å²) < 4.78 is 38.8. The van der Waals surface area contributed by atoms with Crippen LogP contribution >= 0.6 is 0 Å². The van der Waals surface area contributed by atoms with Crippen LogP contribution in [0.1, 0.15) is 13.3 Å². The zero-order chi connectivity index (χ0) is 13.3. The molecule has 1 aromatic carbocycles. The summed E-state index contributed by atoms with van der Waals surface area (Å²) in [6, 6.07) is 4.93. The van der Waals surface area contributed by atoms with Crippen molar-refractivity contribution in [2.75, 3.05) is 13.1 Å². The van der Waals surface area contributed by atoms with Gasteiger partial charge in [0, 0.05) is 13.1 Å². The molecule has 1 aromatic rings. The summed E-state index contributed by atoms with van der Waals surface area (Å²) in [5.41, 5.74) is 0. The Morgan fingerprint density at radius 1 is 1.44 bits per heavy atom. The van der Waals surface area contributed by atoms with Crippen molar-refractivity contribution >= 4 is 10.0 Å². The third-order valence-corrected chi connectivity index (χ3v) is 5.18. The summed E-state index contributed by atoms with van der Waals surface area (Å²) >= 11 is 0. The largest absolute Gasteiger partial charge is 0.391 e. The molecule has 2 unspecified atom stereocenters. The van der Waals surface area contributed by atoms with E-state index in [2.05, 4.69) is 0 Å². The molecular formula is C12H16FNO3S. The summed E-state index contributed by atoms with van der Waals surface area (Å²) in [4.78, 5) is -0.0655. The van der Waals surface area contributed by atoms with E-state index in [1.54, 1.807) is 0 Å². The Hall–Kier alpha value is -0.980. The second-order valence-corrected chi connectivity index (χ2v) is 6.59. The summed E-state index contributed by atoms with van der Waals surface area (Å²) in [7, 11) is -3.71. The van der Waals surface area contributed by atoms with E-state index in [-0.39, 0.29) is 17.4 Å². The highest BCUT2D eigenvalue weighted by Gasteiger charge is 2.32. The maximum atomic E-state index is 13.1. The van der Waals surface area contributed by atoms with Crippen LogP contribution in [-0.2, 0) is 10.0 Å². The zero-order valence-corrected chi connectivity index (χ0v) is 10.9. The molecule has 2 atom stereocenters. The molecule has 1 aliphatic heterocycles. The molecule has 100 valence electrons. The van der Waals surface area contributed by atoms with Gasteiger partial charge in [-0.3, -0.25) is 0 Å². The normalized spacial score (nSPS) is 26.2. The second kappa shape index (κ2) is 4.95. The number of halogens is 1. The van der Waals surface area contributed by atoms with Gasteiger partial charge in [0.2, 0.25) is 10.0 Å². The number of β-amino-alcohol motifs (C(OH)–C–C–N with tert-alkyl or cyclic N) is 1. The molecule has 0 amide bonds. The summed E-state index contributed by atoms with van der Waals surface area (Å²) in [5, 5.41) is 9.73. The third-order valence-electron chi connectivity index (χ3n) is 3.32. The van der Waals surface area contributed by atoms with Crippen LogP contribution in [0.15, 0.2) is 29.2 Å². The lowest BCUT2D eigenvalue weighted by Crippen LogP contribution is -2.45. The topological polar surface area (TPSA) is 57.6 Å². The van der Waals surface area contributed by atoms with Gasteiger partial charge in [-0.2, -0.15) is 4.31 Å². The van der Waals surface area contributed by atoms with Crippen molar-refractivity contribution in [2.45, 2.75) is 24.3 Å². The summed E-state index contributed by atoms with van der Waals surface area (Å²) in [5.74, 6) is -0.494. The van der Waals surface area contributed by atoms with E-state index in [1.807, 2.05) is 6.92 Å². The Balaban J connectivity index is 2.27. The standard InChI is InChI=1S/C12H16FNO3S/c1-9-5-6-14(8-12(9)15)18(16,17)11-4-2-3-10(13)7-11/h2-4,7,9,12,15H,5-6,8H2,1H3. The van der Waals surface area contributed by atoms with Crippen molar-refractivity contribution in [3.05, 3.63) is 30.1 Å². The lowest BCUT2D eigenvalue weighted by atomic mass is 9.98. The van der Waals surface area contributed by atoms with Crippen molar-refractivity contribution in [3.8, 4) is 0 Å². The monoisotopic (exact) mass is 273 g/mol. The highest BCUT2D eigenvalue weighted by Crippen LogP contribution is 2.24. The fourth-order valence-corrected chi connectivity index (χ4v) is 3.52. The van der Waals surface area contributed by atoms with E-state index in [0.717, 1.165) is 6.07 Å². The van der Waals surface area contributed by atoms with Gasteiger partial charge in [-0.05, 0) is 30.5 Å². The minimum Gasteiger partial charge on any atom is -0.391 e. The zero-order valence-electron chi connectivity index (χ0n) is 10.1. The molecule has 1 aliphatic rings. The Morgan fingerprint density at radius 2 is 2.17 bits per heavy atom. The number of hydrogen-bond donors (Lipinski definition) is 1. The van der Waals surface area contributed by atoms with Crippen molar-refractivity contribution < 1.29 is 17.9 Å². The molecule has 0 spiro atoms. The van der Waals surface area contributed by atoms with E-state index in [4.69, 9.17) is 0 Å². The number of benzene rings is 1. The van der Waals surface area contributed by atoms with Crippen molar-refractivity contribution in [1.29, 1.82) is 0 Å². The first-order valence-corrected chi connectivity index (χ1v) is 7.29. The molecule has 1 N–H and O–H groups in total. The fourth-order valence-electron chi connectivity index (χ4n) is 2.01. The van der Waals surface area contributed by atoms with Gasteiger partial charge < -0.3 is 5.11 Å². The number of rotatable bonds is 2. The average Bonchev–Trinajstić information content (AvgIpc) is 2.32. The smallest absolute Gasteiger partial charge is 0.243 e. The van der Waals surface area contributed by atoms with Crippen LogP contribution in [0, 0.1) is 11.7 Å². The maximum Gasteiger partial charge on any atom is 0.243 e. The van der Waals surface area contributed by atoms with Gasteiger partial charge in [0.25, 0.3) is 0 Å². The highest BCUT2D eigenvalue weighted by molar-refractivity contribution is 7.89. The lowest BCUT2D eigenvalue weighted by Gasteiger charge is -2.33. The molecule has 0 radical (unpaired) electrons. The molecule has 0 saturated carbocycles. The van der Waals surface area contributed by atoms with Crippen LogP contribution in [0.3, 0.4) is 0 Å². The molecule has 2 rings (SSSR count). The Bertz CT molecular complexity index is 532. The van der Waals surface area contributed by atoms with Gasteiger partial charge in [-0.25, -0.2) is 12.8 Å². The molecule has 0 aromatic heterocycles. The molecule has 0 bridgehead atoms. The minimum atomic E-state index is -3.71. The molecule has 1 saturated heterocycles. The predicted octanol–water partition coefficient (Wildman–Crippen LogP) is 1.22. The molecular weight excluding hydrogens is 257 g/mol. The Kier molecular flexibility index (Phi) is 3.70.